The lowest BCUT2D eigenvalue weighted by Gasteiger charge is -2.31. The molecule has 0 unspecified atom stereocenters. The number of nitrogens with zero attached hydrogens (tertiary/aromatic N) is 1. The molecule has 0 atom stereocenters. The molecule has 32 heavy (non-hydrogen) atoms. The molecule has 9 heteroatoms. The van der Waals surface area contributed by atoms with E-state index in [0.29, 0.717) is 24.3 Å². The Balaban J connectivity index is 0.000000174. The van der Waals surface area contributed by atoms with E-state index in [2.05, 4.69) is 22.6 Å². The number of halogens is 1. The second kappa shape index (κ2) is 9.01. The summed E-state index contributed by atoms with van der Waals surface area (Å²) in [5.74, 6) is -1.78. The molecular weight excluding hydrogens is 545 g/mol. The Morgan fingerprint density at radius 3 is 2.22 bits per heavy atom. The fourth-order valence-corrected chi connectivity index (χ4v) is 6.12. The van der Waals surface area contributed by atoms with Gasteiger partial charge in [0, 0.05) is 23.0 Å². The molecular formula is C23H24INO6S. The van der Waals surface area contributed by atoms with Crippen molar-refractivity contribution < 1.29 is 27.5 Å². The maximum absolute atomic E-state index is 12.7. The second-order valence-corrected chi connectivity index (χ2v) is 11.3. The Morgan fingerprint density at radius 1 is 0.969 bits per heavy atom. The Morgan fingerprint density at radius 2 is 1.59 bits per heavy atom. The Kier molecular flexibility index (Phi) is 6.49. The molecule has 5 rings (SSSR count). The number of esters is 2. The molecule has 2 heterocycles. The summed E-state index contributed by atoms with van der Waals surface area (Å²) in [6.45, 7) is 2.47. The third kappa shape index (κ3) is 4.78. The van der Waals surface area contributed by atoms with Crippen LogP contribution < -0.4 is 4.31 Å². The summed E-state index contributed by atoms with van der Waals surface area (Å²) in [7, 11) is -3.46. The maximum atomic E-state index is 12.7. The molecule has 7 nitrogen and oxygen atoms in total. The van der Waals surface area contributed by atoms with E-state index >= 15 is 0 Å². The number of hydrogen-bond acceptors (Lipinski definition) is 6. The van der Waals surface area contributed by atoms with E-state index in [9.17, 15) is 18.0 Å². The third-order valence-electron chi connectivity index (χ3n) is 5.76. The van der Waals surface area contributed by atoms with Crippen LogP contribution in [0.2, 0.25) is 0 Å². The predicted octanol–water partition coefficient (Wildman–Crippen LogP) is 4.10. The quantitative estimate of drug-likeness (QED) is 0.308. The molecule has 0 aromatic heterocycles. The highest BCUT2D eigenvalue weighted by atomic mass is 127. The molecule has 0 amide bonds. The first-order valence-corrected chi connectivity index (χ1v) is 13.0. The smallest absolute Gasteiger partial charge is 0.320 e. The molecule has 170 valence electrons. The zero-order valence-corrected chi connectivity index (χ0v) is 20.6. The number of rotatable bonds is 2. The van der Waals surface area contributed by atoms with Gasteiger partial charge in [-0.05, 0) is 78.6 Å². The lowest BCUT2D eigenvalue weighted by molar-refractivity contribution is -0.241. The predicted molar refractivity (Wildman–Crippen MR) is 127 cm³/mol. The van der Waals surface area contributed by atoms with Gasteiger partial charge in [0.15, 0.2) is 0 Å². The first kappa shape index (κ1) is 23.0. The van der Waals surface area contributed by atoms with Crippen molar-refractivity contribution in [2.45, 2.75) is 56.1 Å². The number of carbonyl (C=O) groups excluding carboxylic acids is 2. The van der Waals surface area contributed by atoms with Gasteiger partial charge in [0.05, 0.1) is 10.6 Å². The van der Waals surface area contributed by atoms with Crippen molar-refractivity contribution in [1.82, 2.24) is 0 Å². The van der Waals surface area contributed by atoms with Crippen LogP contribution in [-0.2, 0) is 35.5 Å². The first-order chi connectivity index (χ1) is 15.2. The molecule has 2 aromatic rings. The molecule has 1 aliphatic carbocycles. The van der Waals surface area contributed by atoms with Crippen LogP contribution in [0.25, 0.3) is 0 Å². The monoisotopic (exact) mass is 569 g/mol. The van der Waals surface area contributed by atoms with Gasteiger partial charge in [0.25, 0.3) is 15.8 Å². The van der Waals surface area contributed by atoms with Crippen molar-refractivity contribution >= 4 is 50.2 Å². The highest BCUT2D eigenvalue weighted by Crippen LogP contribution is 2.37. The number of anilines is 1. The van der Waals surface area contributed by atoms with Gasteiger partial charge in [0.2, 0.25) is 0 Å². The fourth-order valence-electron chi connectivity index (χ4n) is 4.15. The Labute approximate surface area is 201 Å². The van der Waals surface area contributed by atoms with Gasteiger partial charge in [-0.2, -0.15) is 0 Å². The Bertz CT molecular complexity index is 1120. The summed E-state index contributed by atoms with van der Waals surface area (Å²) < 4.78 is 38.1. The number of aryl methyl sites for hydroxylation is 1. The van der Waals surface area contributed by atoms with Crippen LogP contribution in [0.3, 0.4) is 0 Å². The SMILES string of the molecule is Cc1ccc(S(=O)(=O)N2CCc3ccc(I)cc32)cc1.O=C1CC(=O)OC2(CCCC2)O1. The number of carbonyl (C=O) groups is 2. The van der Waals surface area contributed by atoms with E-state index < -0.39 is 27.7 Å². The van der Waals surface area contributed by atoms with E-state index in [1.54, 1.807) is 12.1 Å². The molecule has 2 aliphatic heterocycles. The van der Waals surface area contributed by atoms with E-state index in [0.717, 1.165) is 39.6 Å². The maximum Gasteiger partial charge on any atom is 0.320 e. The van der Waals surface area contributed by atoms with Gasteiger partial charge in [-0.25, -0.2) is 8.42 Å². The fraction of sp³-hybridized carbons (Fsp3) is 0.391. The summed E-state index contributed by atoms with van der Waals surface area (Å²) in [6.07, 6.45) is 3.77. The Hall–Kier alpha value is -2.14. The van der Waals surface area contributed by atoms with Crippen LogP contribution in [-0.4, -0.2) is 32.7 Å². The topological polar surface area (TPSA) is 90.0 Å². The lowest BCUT2D eigenvalue weighted by Crippen LogP contribution is -2.42. The molecule has 0 bridgehead atoms. The second-order valence-electron chi connectivity index (χ2n) is 8.16. The molecule has 1 saturated carbocycles. The molecule has 3 aliphatic rings. The summed E-state index contributed by atoms with van der Waals surface area (Å²) in [5.41, 5.74) is 2.97. The third-order valence-corrected chi connectivity index (χ3v) is 8.26. The van der Waals surface area contributed by atoms with Gasteiger partial charge in [-0.15, -0.1) is 0 Å². The van der Waals surface area contributed by atoms with Gasteiger partial charge in [-0.3, -0.25) is 13.9 Å². The van der Waals surface area contributed by atoms with Crippen LogP contribution in [0.15, 0.2) is 47.4 Å². The van der Waals surface area contributed by atoms with Crippen molar-refractivity contribution in [3.63, 3.8) is 0 Å². The van der Waals surface area contributed by atoms with Crippen LogP contribution in [0.5, 0.6) is 0 Å². The van der Waals surface area contributed by atoms with Gasteiger partial charge in [-0.1, -0.05) is 23.8 Å². The van der Waals surface area contributed by atoms with Crippen LogP contribution in [0.4, 0.5) is 5.69 Å². The lowest BCUT2D eigenvalue weighted by atomic mass is 10.2. The average molecular weight is 569 g/mol. The van der Waals surface area contributed by atoms with Crippen LogP contribution >= 0.6 is 22.6 Å². The highest BCUT2D eigenvalue weighted by molar-refractivity contribution is 14.1. The van der Waals surface area contributed by atoms with Crippen LogP contribution in [0.1, 0.15) is 43.2 Å². The number of sulfonamides is 1. The standard InChI is InChI=1S/C15H14INO2S.C8H10O4/c1-11-2-6-14(7-3-11)20(18,19)17-9-8-12-4-5-13(16)10-15(12)17;9-6-5-7(10)12-8(11-6)3-1-2-4-8/h2-7,10H,8-9H2,1H3;1-5H2. The molecule has 2 aromatic carbocycles. The van der Waals surface area contributed by atoms with Crippen molar-refractivity contribution in [2.75, 3.05) is 10.8 Å². The zero-order chi connectivity index (χ0) is 22.9. The number of hydrogen-bond donors (Lipinski definition) is 0. The van der Waals surface area contributed by atoms with Crippen molar-refractivity contribution in [3.8, 4) is 0 Å². The van der Waals surface area contributed by atoms with E-state index in [-0.39, 0.29) is 6.42 Å². The minimum absolute atomic E-state index is 0.234. The van der Waals surface area contributed by atoms with E-state index in [4.69, 9.17) is 9.47 Å². The van der Waals surface area contributed by atoms with Gasteiger partial charge < -0.3 is 9.47 Å². The molecule has 2 fully saturated rings. The van der Waals surface area contributed by atoms with Crippen molar-refractivity contribution in [2.24, 2.45) is 0 Å². The van der Waals surface area contributed by atoms with Crippen molar-refractivity contribution in [3.05, 3.63) is 57.2 Å². The summed E-state index contributed by atoms with van der Waals surface area (Å²) in [4.78, 5) is 22.2. The minimum atomic E-state index is -3.46. The summed E-state index contributed by atoms with van der Waals surface area (Å²) >= 11 is 2.21. The minimum Gasteiger partial charge on any atom is -0.422 e. The molecule has 1 saturated heterocycles. The number of ether oxygens (including phenoxy) is 2. The van der Waals surface area contributed by atoms with Crippen LogP contribution in [0, 0.1) is 10.5 Å². The average Bonchev–Trinajstić information content (AvgIpc) is 3.35. The summed E-state index contributed by atoms with van der Waals surface area (Å²) in [6, 6.07) is 13.0. The van der Waals surface area contributed by atoms with Crippen molar-refractivity contribution in [1.29, 1.82) is 0 Å². The van der Waals surface area contributed by atoms with E-state index in [1.807, 2.05) is 37.3 Å². The highest BCUT2D eigenvalue weighted by Gasteiger charge is 2.45. The van der Waals surface area contributed by atoms with Gasteiger partial charge in [0.1, 0.15) is 6.42 Å². The molecule has 0 radical (unpaired) electrons. The normalized spacial score (nSPS) is 19.1. The van der Waals surface area contributed by atoms with Gasteiger partial charge >= 0.3 is 11.9 Å². The first-order valence-electron chi connectivity index (χ1n) is 10.5. The number of benzene rings is 2. The zero-order valence-electron chi connectivity index (χ0n) is 17.7. The summed E-state index contributed by atoms with van der Waals surface area (Å²) in [5, 5.41) is 0. The molecule has 0 N–H and O–H groups in total. The largest absolute Gasteiger partial charge is 0.422 e. The van der Waals surface area contributed by atoms with E-state index in [1.165, 1.54) is 4.31 Å². The molecule has 1 spiro atoms. The number of fused-ring (bicyclic) bond motifs is 1.